The highest BCUT2D eigenvalue weighted by atomic mass is 19.4. The summed E-state index contributed by atoms with van der Waals surface area (Å²) < 4.78 is 38.6. The molecule has 0 unspecified atom stereocenters. The van der Waals surface area contributed by atoms with E-state index in [1.807, 2.05) is 6.92 Å². The lowest BCUT2D eigenvalue weighted by Crippen LogP contribution is -2.24. The fourth-order valence-corrected chi connectivity index (χ4v) is 1.53. The Morgan fingerprint density at radius 3 is 2.68 bits per heavy atom. The van der Waals surface area contributed by atoms with Gasteiger partial charge in [0.25, 0.3) is 5.82 Å². The summed E-state index contributed by atoms with van der Waals surface area (Å²) in [4.78, 5) is 0. The lowest BCUT2D eigenvalue weighted by molar-refractivity contribution is -0.146. The molecule has 9 heteroatoms. The second-order valence-corrected chi connectivity index (χ2v) is 3.94. The molecule has 1 atom stereocenters. The third kappa shape index (κ3) is 2.75. The summed E-state index contributed by atoms with van der Waals surface area (Å²) in [6.07, 6.45) is -4.00. The van der Waals surface area contributed by atoms with Crippen molar-refractivity contribution in [1.82, 2.24) is 19.8 Å². The summed E-state index contributed by atoms with van der Waals surface area (Å²) in [5.41, 5.74) is 0.00919. The first-order valence-corrected chi connectivity index (χ1v) is 5.62. The lowest BCUT2D eigenvalue weighted by Gasteiger charge is -2.14. The maximum atomic E-state index is 12.7. The molecule has 0 fully saturated rings. The zero-order valence-corrected chi connectivity index (χ0v) is 10.0. The molecule has 0 aliphatic rings. The van der Waals surface area contributed by atoms with Gasteiger partial charge in [-0.25, -0.2) is 0 Å². The standard InChI is InChI=1S/C10H12F3N5O/c1-2-6(5-19)14-7-3-4-8-15-16-9(10(11,12)13)18(8)17-7/h3-4,6,19H,2,5H2,1H3,(H,14,17)/t6-/m0/s1. The summed E-state index contributed by atoms with van der Waals surface area (Å²) in [6, 6.07) is 2.60. The second-order valence-electron chi connectivity index (χ2n) is 3.94. The SMILES string of the molecule is CC[C@@H](CO)Nc1ccc2nnc(C(F)(F)F)n2n1. The van der Waals surface area contributed by atoms with Crippen LogP contribution in [-0.4, -0.2) is 37.6 Å². The maximum Gasteiger partial charge on any atom is 0.453 e. The second kappa shape index (κ2) is 5.00. The van der Waals surface area contributed by atoms with Crippen LogP contribution in [0.4, 0.5) is 19.0 Å². The van der Waals surface area contributed by atoms with Crippen molar-refractivity contribution in [2.24, 2.45) is 0 Å². The number of nitrogens with zero attached hydrogens (tertiary/aromatic N) is 4. The zero-order chi connectivity index (χ0) is 14.0. The number of halogens is 3. The first-order valence-electron chi connectivity index (χ1n) is 5.62. The zero-order valence-electron chi connectivity index (χ0n) is 10.0. The Hall–Kier alpha value is -1.90. The molecule has 0 spiro atoms. The first kappa shape index (κ1) is 13.5. The van der Waals surface area contributed by atoms with Crippen molar-refractivity contribution in [2.45, 2.75) is 25.6 Å². The van der Waals surface area contributed by atoms with Gasteiger partial charge in [-0.1, -0.05) is 6.92 Å². The number of nitrogens with one attached hydrogen (secondary N) is 1. The predicted molar refractivity (Wildman–Crippen MR) is 60.6 cm³/mol. The average molecular weight is 275 g/mol. The number of anilines is 1. The number of hydrogen-bond donors (Lipinski definition) is 2. The predicted octanol–water partition coefficient (Wildman–Crippen LogP) is 1.33. The molecule has 0 saturated carbocycles. The molecule has 2 N–H and O–H groups in total. The Labute approximate surface area is 106 Å². The van der Waals surface area contributed by atoms with E-state index in [2.05, 4.69) is 20.6 Å². The van der Waals surface area contributed by atoms with Gasteiger partial charge in [-0.3, -0.25) is 0 Å². The van der Waals surface area contributed by atoms with Crippen LogP contribution in [0, 0.1) is 0 Å². The molecule has 6 nitrogen and oxygen atoms in total. The van der Waals surface area contributed by atoms with Crippen LogP contribution in [0.15, 0.2) is 12.1 Å². The molecule has 0 aliphatic heterocycles. The van der Waals surface area contributed by atoms with Crippen molar-refractivity contribution in [3.8, 4) is 0 Å². The minimum atomic E-state index is -4.62. The minimum absolute atomic E-state index is 0.00919. The number of hydrogen-bond acceptors (Lipinski definition) is 5. The molecule has 2 heterocycles. The number of aliphatic hydroxyl groups is 1. The van der Waals surface area contributed by atoms with Gasteiger partial charge in [0.1, 0.15) is 5.82 Å². The van der Waals surface area contributed by atoms with E-state index >= 15 is 0 Å². The largest absolute Gasteiger partial charge is 0.453 e. The van der Waals surface area contributed by atoms with E-state index in [0.29, 0.717) is 10.9 Å². The van der Waals surface area contributed by atoms with Crippen LogP contribution in [0.25, 0.3) is 5.65 Å². The van der Waals surface area contributed by atoms with E-state index in [4.69, 9.17) is 5.11 Å². The van der Waals surface area contributed by atoms with Crippen molar-refractivity contribution < 1.29 is 18.3 Å². The molecule has 19 heavy (non-hydrogen) atoms. The van der Waals surface area contributed by atoms with Gasteiger partial charge in [-0.05, 0) is 18.6 Å². The summed E-state index contributed by atoms with van der Waals surface area (Å²) >= 11 is 0. The van der Waals surface area contributed by atoms with Gasteiger partial charge >= 0.3 is 6.18 Å². The topological polar surface area (TPSA) is 75.3 Å². The van der Waals surface area contributed by atoms with Crippen molar-refractivity contribution in [2.75, 3.05) is 11.9 Å². The Bertz CT molecular complexity index is 564. The maximum absolute atomic E-state index is 12.7. The van der Waals surface area contributed by atoms with Crippen LogP contribution >= 0.6 is 0 Å². The summed E-state index contributed by atoms with van der Waals surface area (Å²) in [5, 5.41) is 22.1. The van der Waals surface area contributed by atoms with Crippen molar-refractivity contribution in [3.63, 3.8) is 0 Å². The van der Waals surface area contributed by atoms with E-state index < -0.39 is 12.0 Å². The summed E-state index contributed by atoms with van der Waals surface area (Å²) in [7, 11) is 0. The molecule has 2 aromatic heterocycles. The summed E-state index contributed by atoms with van der Waals surface area (Å²) in [5.74, 6) is -0.957. The van der Waals surface area contributed by atoms with Crippen molar-refractivity contribution >= 4 is 11.5 Å². The van der Waals surface area contributed by atoms with Gasteiger partial charge in [0.15, 0.2) is 5.65 Å². The average Bonchev–Trinajstić information content (AvgIpc) is 2.78. The van der Waals surface area contributed by atoms with Gasteiger partial charge in [-0.15, -0.1) is 15.3 Å². The number of aliphatic hydroxyl groups excluding tert-OH is 1. The van der Waals surface area contributed by atoms with Crippen LogP contribution in [0.2, 0.25) is 0 Å². The molecule has 0 aromatic carbocycles. The molecular weight excluding hydrogens is 263 g/mol. The van der Waals surface area contributed by atoms with Crippen LogP contribution in [0.1, 0.15) is 19.2 Å². The first-order chi connectivity index (χ1) is 8.95. The Kier molecular flexibility index (Phi) is 3.56. The quantitative estimate of drug-likeness (QED) is 0.880. The normalized spacial score (nSPS) is 13.7. The van der Waals surface area contributed by atoms with E-state index in [1.54, 1.807) is 0 Å². The molecule has 2 aromatic rings. The minimum Gasteiger partial charge on any atom is -0.394 e. The Balaban J connectivity index is 2.38. The fourth-order valence-electron chi connectivity index (χ4n) is 1.53. The molecule has 2 rings (SSSR count). The third-order valence-electron chi connectivity index (χ3n) is 2.58. The Morgan fingerprint density at radius 2 is 2.11 bits per heavy atom. The number of alkyl halides is 3. The third-order valence-corrected chi connectivity index (χ3v) is 2.58. The van der Waals surface area contributed by atoms with E-state index in [9.17, 15) is 13.2 Å². The van der Waals surface area contributed by atoms with Crippen LogP contribution < -0.4 is 5.32 Å². The van der Waals surface area contributed by atoms with E-state index in [0.717, 1.165) is 0 Å². The van der Waals surface area contributed by atoms with Crippen LogP contribution in [0.3, 0.4) is 0 Å². The molecule has 0 amide bonds. The molecule has 0 bridgehead atoms. The van der Waals surface area contributed by atoms with Gasteiger partial charge in [0.2, 0.25) is 0 Å². The highest BCUT2D eigenvalue weighted by Gasteiger charge is 2.37. The van der Waals surface area contributed by atoms with Gasteiger partial charge < -0.3 is 10.4 Å². The molecule has 0 radical (unpaired) electrons. The smallest absolute Gasteiger partial charge is 0.394 e. The summed E-state index contributed by atoms with van der Waals surface area (Å²) in [6.45, 7) is 1.71. The Morgan fingerprint density at radius 1 is 1.37 bits per heavy atom. The van der Waals surface area contributed by atoms with E-state index in [-0.39, 0.29) is 24.1 Å². The lowest BCUT2D eigenvalue weighted by atomic mass is 10.2. The highest BCUT2D eigenvalue weighted by molar-refractivity contribution is 5.44. The monoisotopic (exact) mass is 275 g/mol. The molecule has 0 saturated heterocycles. The van der Waals surface area contributed by atoms with Gasteiger partial charge in [-0.2, -0.15) is 17.7 Å². The molecule has 0 aliphatic carbocycles. The van der Waals surface area contributed by atoms with E-state index in [1.165, 1.54) is 12.1 Å². The van der Waals surface area contributed by atoms with Crippen LogP contribution in [0.5, 0.6) is 0 Å². The number of fused-ring (bicyclic) bond motifs is 1. The van der Waals surface area contributed by atoms with Gasteiger partial charge in [0, 0.05) is 0 Å². The number of rotatable bonds is 4. The molecule has 104 valence electrons. The van der Waals surface area contributed by atoms with Crippen LogP contribution in [-0.2, 0) is 6.18 Å². The highest BCUT2D eigenvalue weighted by Crippen LogP contribution is 2.27. The van der Waals surface area contributed by atoms with Gasteiger partial charge in [0.05, 0.1) is 12.6 Å². The van der Waals surface area contributed by atoms with Crippen molar-refractivity contribution in [1.29, 1.82) is 0 Å². The molecular formula is C10H12F3N5O. The fraction of sp³-hybridized carbons (Fsp3) is 0.500. The number of aromatic nitrogens is 4. The van der Waals surface area contributed by atoms with Crippen molar-refractivity contribution in [3.05, 3.63) is 18.0 Å².